The van der Waals surface area contributed by atoms with Crippen LogP contribution >= 0.6 is 30.1 Å². The van der Waals surface area contributed by atoms with Gasteiger partial charge >= 0.3 is 0 Å². The molecule has 0 radical (unpaired) electrons. The molecule has 66 valence electrons. The summed E-state index contributed by atoms with van der Waals surface area (Å²) in [5, 5.41) is 0. The second-order valence-electron chi connectivity index (χ2n) is 2.48. The van der Waals surface area contributed by atoms with Gasteiger partial charge in [-0.2, -0.15) is 0 Å². The molecule has 0 amide bonds. The summed E-state index contributed by atoms with van der Waals surface area (Å²) in [4.78, 5) is 1.26. The zero-order valence-corrected chi connectivity index (χ0v) is 9.56. The predicted molar refractivity (Wildman–Crippen MR) is 63.5 cm³/mol. The smallest absolute Gasteiger partial charge is 0.0317 e. The molecule has 0 aliphatic rings. The molecule has 0 atom stereocenters. The Morgan fingerprint density at radius 1 is 1.42 bits per heavy atom. The van der Waals surface area contributed by atoms with Gasteiger partial charge in [-0.1, -0.05) is 8.93 Å². The molecule has 0 saturated heterocycles. The maximum absolute atomic E-state index is 5.66. The highest BCUT2D eigenvalue weighted by molar-refractivity contribution is 14.2. The molecule has 2 nitrogen and oxygen atoms in total. The van der Waals surface area contributed by atoms with E-state index < -0.39 is 0 Å². The Morgan fingerprint density at radius 3 is 2.75 bits per heavy atom. The fourth-order valence-electron chi connectivity index (χ4n) is 1.03. The summed E-state index contributed by atoms with van der Waals surface area (Å²) in [6.07, 6.45) is 0.899. The lowest BCUT2D eigenvalue weighted by Gasteiger charge is -2.05. The molecule has 0 heterocycles. The van der Waals surface area contributed by atoms with Crippen LogP contribution < -0.4 is 11.5 Å². The van der Waals surface area contributed by atoms with Crippen molar-refractivity contribution in [3.05, 3.63) is 23.8 Å². The molecule has 0 saturated carbocycles. The first-order chi connectivity index (χ1) is 5.77. The number of anilines is 1. The van der Waals surface area contributed by atoms with Crippen LogP contribution in [-0.4, -0.2) is 6.54 Å². The van der Waals surface area contributed by atoms with Crippen molar-refractivity contribution in [1.82, 2.24) is 0 Å². The van der Waals surface area contributed by atoms with E-state index in [0.717, 1.165) is 12.1 Å². The highest BCUT2D eigenvalue weighted by Gasteiger charge is 2.00. The average Bonchev–Trinajstić information content (AvgIpc) is 2.05. The largest absolute Gasteiger partial charge is 0.399 e. The second-order valence-corrected chi connectivity index (χ2v) is 4.40. The van der Waals surface area contributed by atoms with Crippen LogP contribution in [0.2, 0.25) is 0 Å². The van der Waals surface area contributed by atoms with E-state index in [1.165, 1.54) is 10.5 Å². The van der Waals surface area contributed by atoms with Gasteiger partial charge in [0.2, 0.25) is 0 Å². The van der Waals surface area contributed by atoms with Gasteiger partial charge in [0.25, 0.3) is 0 Å². The molecule has 0 aliphatic heterocycles. The van der Waals surface area contributed by atoms with Gasteiger partial charge in [-0.3, -0.25) is 0 Å². The third kappa shape index (κ3) is 2.53. The zero-order chi connectivity index (χ0) is 8.97. The Hall–Kier alpha value is 0.0600. The van der Waals surface area contributed by atoms with E-state index in [9.17, 15) is 0 Å². The van der Waals surface area contributed by atoms with Crippen LogP contribution in [0, 0.1) is 0 Å². The van der Waals surface area contributed by atoms with Gasteiger partial charge in [0, 0.05) is 31.8 Å². The molecule has 4 N–H and O–H groups in total. The molecule has 1 rings (SSSR count). The fraction of sp³-hybridized carbons (Fsp3) is 0.250. The number of halogens is 1. The van der Waals surface area contributed by atoms with E-state index in [4.69, 9.17) is 11.5 Å². The summed E-state index contributed by atoms with van der Waals surface area (Å²) in [5.41, 5.74) is 13.2. The molecule has 0 unspecified atom stereocenters. The van der Waals surface area contributed by atoms with Crippen LogP contribution in [0.3, 0.4) is 0 Å². The summed E-state index contributed by atoms with van der Waals surface area (Å²) in [6.45, 7) is 0.674. The molecule has 0 bridgehead atoms. The molecule has 0 fully saturated rings. The number of nitrogen functional groups attached to an aromatic ring is 1. The maximum Gasteiger partial charge on any atom is 0.0317 e. The zero-order valence-electron chi connectivity index (χ0n) is 6.59. The van der Waals surface area contributed by atoms with Crippen molar-refractivity contribution in [3.8, 4) is 0 Å². The van der Waals surface area contributed by atoms with Crippen LogP contribution in [0.4, 0.5) is 5.69 Å². The summed E-state index contributed by atoms with van der Waals surface area (Å²) in [6, 6.07) is 5.95. The minimum Gasteiger partial charge on any atom is -0.399 e. The molecule has 1 aromatic rings. The number of benzene rings is 1. The highest BCUT2D eigenvalue weighted by atomic mass is 127. The molecule has 0 aliphatic carbocycles. The molecular weight excluding hydrogens is 283 g/mol. The first kappa shape index (κ1) is 10.1. The van der Waals surface area contributed by atoms with Crippen LogP contribution in [0.25, 0.3) is 0 Å². The second kappa shape index (κ2) is 4.94. The van der Waals surface area contributed by atoms with Gasteiger partial charge in [0.1, 0.15) is 0 Å². The number of hydrogen-bond donors (Lipinski definition) is 2. The van der Waals surface area contributed by atoms with Gasteiger partial charge in [0.05, 0.1) is 0 Å². The number of hydrogen-bond acceptors (Lipinski definition) is 3. The Balaban J connectivity index is 2.95. The van der Waals surface area contributed by atoms with E-state index >= 15 is 0 Å². The van der Waals surface area contributed by atoms with Gasteiger partial charge in [-0.15, -0.1) is 0 Å². The minimum atomic E-state index is 0.674. The Kier molecular flexibility index (Phi) is 4.17. The van der Waals surface area contributed by atoms with Crippen molar-refractivity contribution in [3.63, 3.8) is 0 Å². The normalized spacial score (nSPS) is 10.2. The van der Waals surface area contributed by atoms with Crippen molar-refractivity contribution in [2.45, 2.75) is 11.3 Å². The van der Waals surface area contributed by atoms with E-state index in [0.29, 0.717) is 6.54 Å². The monoisotopic (exact) mass is 294 g/mol. The van der Waals surface area contributed by atoms with Crippen LogP contribution in [0.1, 0.15) is 5.56 Å². The van der Waals surface area contributed by atoms with Crippen molar-refractivity contribution >= 4 is 35.8 Å². The van der Waals surface area contributed by atoms with Crippen molar-refractivity contribution in [2.24, 2.45) is 5.73 Å². The summed E-state index contributed by atoms with van der Waals surface area (Å²) < 4.78 is 0. The summed E-state index contributed by atoms with van der Waals surface area (Å²) in [7, 11) is 1.70. The Morgan fingerprint density at radius 2 is 2.17 bits per heavy atom. The van der Waals surface area contributed by atoms with Gasteiger partial charge < -0.3 is 11.5 Å². The van der Waals surface area contributed by atoms with Crippen LogP contribution in [-0.2, 0) is 6.42 Å². The fourth-order valence-corrected chi connectivity index (χ4v) is 2.69. The molecular formula is C8H11IN2S. The molecule has 12 heavy (non-hydrogen) atoms. The Labute approximate surface area is 88.7 Å². The van der Waals surface area contributed by atoms with E-state index in [-0.39, 0.29) is 0 Å². The summed E-state index contributed by atoms with van der Waals surface area (Å²) in [5.74, 6) is 0. The first-order valence-corrected chi connectivity index (χ1v) is 7.01. The average molecular weight is 294 g/mol. The maximum atomic E-state index is 5.66. The molecule has 0 aromatic heterocycles. The highest BCUT2D eigenvalue weighted by Crippen LogP contribution is 2.29. The van der Waals surface area contributed by atoms with E-state index in [1.54, 1.807) is 8.93 Å². The van der Waals surface area contributed by atoms with E-state index in [1.807, 2.05) is 18.2 Å². The lowest BCUT2D eigenvalue weighted by atomic mass is 10.1. The van der Waals surface area contributed by atoms with Gasteiger partial charge in [-0.05, 0) is 36.7 Å². The third-order valence-corrected chi connectivity index (χ3v) is 3.57. The van der Waals surface area contributed by atoms with Crippen LogP contribution in [0.5, 0.6) is 0 Å². The predicted octanol–water partition coefficient (Wildman–Crippen LogP) is 2.21. The molecule has 0 spiro atoms. The van der Waals surface area contributed by atoms with Crippen LogP contribution in [0.15, 0.2) is 23.1 Å². The lowest BCUT2D eigenvalue weighted by molar-refractivity contribution is 0.946. The standard InChI is InChI=1S/C8H11IN2S/c9-12-8-2-1-7(11)5-6(8)3-4-10/h1-2,5H,3-4,10-11H2. The van der Waals surface area contributed by atoms with Crippen molar-refractivity contribution in [1.29, 1.82) is 0 Å². The van der Waals surface area contributed by atoms with Gasteiger partial charge in [0.15, 0.2) is 0 Å². The minimum absolute atomic E-state index is 0.674. The van der Waals surface area contributed by atoms with E-state index in [2.05, 4.69) is 21.2 Å². The lowest BCUT2D eigenvalue weighted by Crippen LogP contribution is -2.04. The van der Waals surface area contributed by atoms with Crippen molar-refractivity contribution < 1.29 is 0 Å². The molecule has 1 aromatic carbocycles. The third-order valence-electron chi connectivity index (χ3n) is 1.58. The SMILES string of the molecule is NCCc1cc(N)ccc1SI. The first-order valence-electron chi connectivity index (χ1n) is 3.65. The molecule has 4 heteroatoms. The number of rotatable bonds is 3. The quantitative estimate of drug-likeness (QED) is 0.664. The number of nitrogens with two attached hydrogens (primary N) is 2. The Bertz CT molecular complexity index is 265. The summed E-state index contributed by atoms with van der Waals surface area (Å²) >= 11 is 2.27. The van der Waals surface area contributed by atoms with Gasteiger partial charge in [-0.25, -0.2) is 0 Å². The topological polar surface area (TPSA) is 52.0 Å². The van der Waals surface area contributed by atoms with Crippen molar-refractivity contribution in [2.75, 3.05) is 12.3 Å².